The van der Waals surface area contributed by atoms with Gasteiger partial charge in [-0.2, -0.15) is 10.3 Å². The molecule has 5 rings (SSSR count). The van der Waals surface area contributed by atoms with Crippen LogP contribution in [-0.2, 0) is 15.9 Å². The number of nitrogens with zero attached hydrogens (tertiary/aromatic N) is 4. The van der Waals surface area contributed by atoms with Crippen molar-refractivity contribution >= 4 is 11.6 Å². The lowest BCUT2D eigenvalue weighted by molar-refractivity contribution is 0.0348. The van der Waals surface area contributed by atoms with E-state index in [2.05, 4.69) is 27.9 Å². The lowest BCUT2D eigenvalue weighted by Crippen LogP contribution is -2.41. The van der Waals surface area contributed by atoms with E-state index in [1.54, 1.807) is 18.3 Å². The van der Waals surface area contributed by atoms with Crippen molar-refractivity contribution in [3.8, 4) is 29.5 Å². The molecule has 2 atom stereocenters. The van der Waals surface area contributed by atoms with Crippen LogP contribution in [0.15, 0.2) is 47.6 Å². The summed E-state index contributed by atoms with van der Waals surface area (Å²) in [4.78, 5) is 10.3. The Morgan fingerprint density at radius 2 is 2.23 bits per heavy atom. The summed E-state index contributed by atoms with van der Waals surface area (Å²) in [6.45, 7) is 1.85. The molecule has 2 unspecified atom stereocenters. The first-order valence-electron chi connectivity index (χ1n) is 11.4. The van der Waals surface area contributed by atoms with E-state index in [9.17, 15) is 5.11 Å². The predicted molar refractivity (Wildman–Crippen MR) is 126 cm³/mol. The summed E-state index contributed by atoms with van der Waals surface area (Å²) in [6.07, 6.45) is 3.30. The standard InChI is InChI=1S/C26H24N4O5/c27-9-3-13-32-12-2-4-18-6-7-21-19(14-18)8-11-30-22(21)15-24(29-26(30)31)33-16-20-17-34-25-23(35-20)5-1-10-28-25/h1,5-7,10,14-15,20,26,31H,3,8,11-13,16-17H2. The highest BCUT2D eigenvalue weighted by Crippen LogP contribution is 2.33. The highest BCUT2D eigenvalue weighted by atomic mass is 16.6. The maximum Gasteiger partial charge on any atom is 0.257 e. The van der Waals surface area contributed by atoms with Crippen LogP contribution in [0.5, 0.6) is 11.6 Å². The Morgan fingerprint density at radius 3 is 3.14 bits per heavy atom. The number of aliphatic hydroxyl groups excluding tert-OH is 1. The maximum atomic E-state index is 10.6. The Kier molecular flexibility index (Phi) is 6.80. The van der Waals surface area contributed by atoms with E-state index < -0.39 is 6.35 Å². The van der Waals surface area contributed by atoms with Crippen molar-refractivity contribution in [2.45, 2.75) is 25.3 Å². The molecule has 35 heavy (non-hydrogen) atoms. The van der Waals surface area contributed by atoms with Crippen LogP contribution in [0, 0.1) is 23.2 Å². The van der Waals surface area contributed by atoms with E-state index in [-0.39, 0.29) is 12.7 Å². The number of aromatic nitrogens is 1. The molecule has 0 spiro atoms. The number of ether oxygens (including phenoxy) is 4. The molecule has 178 valence electrons. The summed E-state index contributed by atoms with van der Waals surface area (Å²) < 4.78 is 22.7. The van der Waals surface area contributed by atoms with Gasteiger partial charge in [0.15, 0.2) is 11.9 Å². The molecule has 0 aliphatic carbocycles. The molecular formula is C26H24N4O5. The fourth-order valence-electron chi connectivity index (χ4n) is 4.06. The zero-order valence-corrected chi connectivity index (χ0v) is 19.0. The topological polar surface area (TPSA) is 109 Å². The SMILES string of the molecule is N#CCCOCC#Cc1ccc2c(c1)CCN1C2=CC(OCC2COc3ncccc3O2)=NC1O. The van der Waals surface area contributed by atoms with Gasteiger partial charge in [0.1, 0.15) is 19.8 Å². The van der Waals surface area contributed by atoms with Gasteiger partial charge in [-0.1, -0.05) is 17.9 Å². The van der Waals surface area contributed by atoms with Crippen molar-refractivity contribution in [1.82, 2.24) is 9.88 Å². The van der Waals surface area contributed by atoms with Crippen LogP contribution in [0.25, 0.3) is 5.70 Å². The Bertz CT molecular complexity index is 1260. The number of hydrogen-bond acceptors (Lipinski definition) is 9. The van der Waals surface area contributed by atoms with Crippen LogP contribution in [0.3, 0.4) is 0 Å². The van der Waals surface area contributed by atoms with E-state index in [1.165, 1.54) is 0 Å². The Hall–Kier alpha value is -4.05. The second-order valence-electron chi connectivity index (χ2n) is 8.09. The number of pyridine rings is 1. The summed E-state index contributed by atoms with van der Waals surface area (Å²) in [7, 11) is 0. The minimum atomic E-state index is -1.02. The molecule has 4 heterocycles. The normalized spacial score (nSPS) is 19.7. The molecule has 0 saturated carbocycles. The van der Waals surface area contributed by atoms with Crippen molar-refractivity contribution < 1.29 is 24.1 Å². The first kappa shape index (κ1) is 22.7. The van der Waals surface area contributed by atoms with Gasteiger partial charge in [0.05, 0.1) is 24.8 Å². The van der Waals surface area contributed by atoms with E-state index in [4.69, 9.17) is 24.2 Å². The molecule has 0 bridgehead atoms. The lowest BCUT2D eigenvalue weighted by Gasteiger charge is -2.37. The van der Waals surface area contributed by atoms with Gasteiger partial charge < -0.3 is 29.0 Å². The van der Waals surface area contributed by atoms with Crippen molar-refractivity contribution in [2.75, 3.05) is 33.0 Å². The number of hydrogen-bond donors (Lipinski definition) is 1. The number of aliphatic hydroxyl groups is 1. The van der Waals surface area contributed by atoms with Gasteiger partial charge >= 0.3 is 0 Å². The zero-order valence-electron chi connectivity index (χ0n) is 19.0. The summed E-state index contributed by atoms with van der Waals surface area (Å²) in [6, 6.07) is 11.6. The first-order chi connectivity index (χ1) is 17.2. The van der Waals surface area contributed by atoms with Crippen molar-refractivity contribution in [3.63, 3.8) is 0 Å². The number of fused-ring (bicyclic) bond motifs is 4. The van der Waals surface area contributed by atoms with Gasteiger partial charge in [0.25, 0.3) is 5.88 Å². The van der Waals surface area contributed by atoms with Crippen molar-refractivity contribution in [1.29, 1.82) is 5.26 Å². The Balaban J connectivity index is 1.25. The molecule has 1 aromatic heterocycles. The van der Waals surface area contributed by atoms with E-state index in [0.29, 0.717) is 50.3 Å². The Morgan fingerprint density at radius 1 is 1.29 bits per heavy atom. The molecule has 0 radical (unpaired) electrons. The molecule has 0 fully saturated rings. The van der Waals surface area contributed by atoms with Crippen LogP contribution < -0.4 is 9.47 Å². The lowest BCUT2D eigenvalue weighted by atomic mass is 9.94. The third-order valence-corrected chi connectivity index (χ3v) is 5.71. The molecule has 0 saturated heterocycles. The molecule has 3 aliphatic rings. The van der Waals surface area contributed by atoms with Gasteiger partial charge in [-0.3, -0.25) is 0 Å². The molecular weight excluding hydrogens is 448 g/mol. The summed E-state index contributed by atoms with van der Waals surface area (Å²) in [5.41, 5.74) is 3.91. The van der Waals surface area contributed by atoms with E-state index in [0.717, 1.165) is 28.8 Å². The van der Waals surface area contributed by atoms with Gasteiger partial charge in [-0.25, -0.2) is 4.98 Å². The minimum absolute atomic E-state index is 0.224. The highest BCUT2D eigenvalue weighted by Gasteiger charge is 2.30. The number of aliphatic imine (C=N–C) groups is 1. The number of benzene rings is 1. The number of rotatable bonds is 5. The molecule has 1 aromatic carbocycles. The third-order valence-electron chi connectivity index (χ3n) is 5.71. The van der Waals surface area contributed by atoms with Crippen molar-refractivity contribution in [2.24, 2.45) is 4.99 Å². The molecule has 3 aliphatic heterocycles. The van der Waals surface area contributed by atoms with Crippen LogP contribution in [0.2, 0.25) is 0 Å². The molecule has 9 heteroatoms. The second-order valence-corrected chi connectivity index (χ2v) is 8.09. The summed E-state index contributed by atoms with van der Waals surface area (Å²) in [5, 5.41) is 19.2. The monoisotopic (exact) mass is 472 g/mol. The van der Waals surface area contributed by atoms with Crippen LogP contribution in [-0.4, -0.2) is 66.3 Å². The highest BCUT2D eigenvalue weighted by molar-refractivity contribution is 5.97. The van der Waals surface area contributed by atoms with E-state index >= 15 is 0 Å². The fourth-order valence-corrected chi connectivity index (χ4v) is 4.06. The smallest absolute Gasteiger partial charge is 0.257 e. The maximum absolute atomic E-state index is 10.6. The van der Waals surface area contributed by atoms with Gasteiger partial charge in [0.2, 0.25) is 12.2 Å². The summed E-state index contributed by atoms with van der Waals surface area (Å²) in [5.74, 6) is 7.48. The predicted octanol–water partition coefficient (Wildman–Crippen LogP) is 2.11. The average molecular weight is 473 g/mol. The van der Waals surface area contributed by atoms with Gasteiger partial charge in [-0.05, 0) is 36.2 Å². The fraction of sp³-hybridized carbons (Fsp3) is 0.346. The van der Waals surface area contributed by atoms with Crippen LogP contribution in [0.1, 0.15) is 23.1 Å². The van der Waals surface area contributed by atoms with Gasteiger partial charge in [0, 0.05) is 29.9 Å². The Labute approximate surface area is 203 Å². The first-order valence-corrected chi connectivity index (χ1v) is 11.4. The quantitative estimate of drug-likeness (QED) is 0.521. The molecule has 2 aromatic rings. The van der Waals surface area contributed by atoms with Gasteiger partial charge in [-0.15, -0.1) is 0 Å². The average Bonchev–Trinajstić information content (AvgIpc) is 2.89. The van der Waals surface area contributed by atoms with Crippen LogP contribution in [0.4, 0.5) is 0 Å². The second kappa shape index (κ2) is 10.5. The van der Waals surface area contributed by atoms with E-state index in [1.807, 2.05) is 29.2 Å². The molecule has 0 amide bonds. The minimum Gasteiger partial charge on any atom is -0.478 e. The summed E-state index contributed by atoms with van der Waals surface area (Å²) >= 11 is 0. The van der Waals surface area contributed by atoms with Crippen LogP contribution >= 0.6 is 0 Å². The van der Waals surface area contributed by atoms with Crippen molar-refractivity contribution in [3.05, 3.63) is 59.3 Å². The molecule has 1 N–H and O–H groups in total. The number of nitriles is 1. The largest absolute Gasteiger partial charge is 0.478 e. The zero-order chi connectivity index (χ0) is 24.0. The molecule has 9 nitrogen and oxygen atoms in total. The third kappa shape index (κ3) is 5.22.